The van der Waals surface area contributed by atoms with Gasteiger partial charge in [-0.05, 0) is 49.7 Å². The maximum Gasteiger partial charge on any atom is 0.229 e. The van der Waals surface area contributed by atoms with E-state index in [2.05, 4.69) is 26.7 Å². The minimum Gasteiger partial charge on any atom is -0.340 e. The van der Waals surface area contributed by atoms with Gasteiger partial charge in [-0.15, -0.1) is 0 Å². The lowest BCUT2D eigenvalue weighted by Crippen LogP contribution is -2.03. The van der Waals surface area contributed by atoms with Crippen LogP contribution in [0.2, 0.25) is 5.02 Å². The normalized spacial score (nSPS) is 10.2. The zero-order valence-electron chi connectivity index (χ0n) is 13.8. The van der Waals surface area contributed by atoms with E-state index in [4.69, 9.17) is 16.9 Å². The van der Waals surface area contributed by atoms with Crippen molar-refractivity contribution in [1.29, 1.82) is 5.26 Å². The van der Waals surface area contributed by atoms with Crippen LogP contribution in [0.25, 0.3) is 0 Å². The highest BCUT2D eigenvalue weighted by Crippen LogP contribution is 2.26. The first-order chi connectivity index (χ1) is 12.0. The summed E-state index contributed by atoms with van der Waals surface area (Å²) in [5.74, 6) is 1.12. The predicted molar refractivity (Wildman–Crippen MR) is 101 cm³/mol. The highest BCUT2D eigenvalue weighted by atomic mass is 35.5. The Hall–Kier alpha value is -3.10. The van der Waals surface area contributed by atoms with Crippen LogP contribution in [0.3, 0.4) is 0 Å². The van der Waals surface area contributed by atoms with Gasteiger partial charge >= 0.3 is 0 Å². The molecule has 0 saturated carbocycles. The molecule has 124 valence electrons. The average molecular weight is 350 g/mol. The number of hydrogen-bond donors (Lipinski definition) is 2. The number of nitrogens with one attached hydrogen (secondary N) is 2. The van der Waals surface area contributed by atoms with Crippen molar-refractivity contribution >= 4 is 34.7 Å². The van der Waals surface area contributed by atoms with E-state index in [1.165, 1.54) is 0 Å². The van der Waals surface area contributed by atoms with Crippen LogP contribution in [-0.4, -0.2) is 9.97 Å². The maximum atomic E-state index is 9.00. The number of halogens is 1. The second-order valence-corrected chi connectivity index (χ2v) is 5.98. The summed E-state index contributed by atoms with van der Waals surface area (Å²) in [5, 5.41) is 16.1. The van der Waals surface area contributed by atoms with Crippen molar-refractivity contribution in [2.24, 2.45) is 0 Å². The molecule has 1 heterocycles. The van der Waals surface area contributed by atoms with Gasteiger partial charge in [0.1, 0.15) is 5.82 Å². The second kappa shape index (κ2) is 7.20. The van der Waals surface area contributed by atoms with Gasteiger partial charge in [-0.3, -0.25) is 0 Å². The van der Waals surface area contributed by atoms with Gasteiger partial charge in [0.05, 0.1) is 11.6 Å². The van der Waals surface area contributed by atoms with E-state index in [-0.39, 0.29) is 0 Å². The molecular weight excluding hydrogens is 334 g/mol. The SMILES string of the molecule is Cc1cc(Nc2cccc(C#N)c2)nc(Nc2cccc(Cl)c2C)n1. The van der Waals surface area contributed by atoms with Crippen molar-refractivity contribution in [3.8, 4) is 6.07 Å². The summed E-state index contributed by atoms with van der Waals surface area (Å²) in [6.45, 7) is 3.83. The monoisotopic (exact) mass is 349 g/mol. The standard InChI is InChI=1S/C19H16ClN5/c1-12-9-18(23-15-6-3-5-14(10-15)11-21)25-19(22-12)24-17-8-4-7-16(20)13(17)2/h3-10H,1-2H3,(H2,22,23,24,25). The number of benzene rings is 2. The fourth-order valence-electron chi connectivity index (χ4n) is 2.37. The molecular formula is C19H16ClN5. The Balaban J connectivity index is 1.87. The van der Waals surface area contributed by atoms with E-state index in [0.29, 0.717) is 22.4 Å². The van der Waals surface area contributed by atoms with Gasteiger partial charge < -0.3 is 10.6 Å². The van der Waals surface area contributed by atoms with Crippen molar-refractivity contribution in [3.05, 3.63) is 70.4 Å². The molecule has 0 unspecified atom stereocenters. The topological polar surface area (TPSA) is 73.6 Å². The molecule has 5 nitrogen and oxygen atoms in total. The summed E-state index contributed by atoms with van der Waals surface area (Å²) in [6.07, 6.45) is 0. The van der Waals surface area contributed by atoms with Gasteiger partial charge in [0, 0.05) is 28.2 Å². The quantitative estimate of drug-likeness (QED) is 0.685. The highest BCUT2D eigenvalue weighted by molar-refractivity contribution is 6.31. The number of anilines is 4. The molecule has 0 amide bonds. The van der Waals surface area contributed by atoms with Crippen LogP contribution >= 0.6 is 11.6 Å². The third-order valence-corrected chi connectivity index (χ3v) is 4.04. The zero-order chi connectivity index (χ0) is 17.8. The molecule has 0 radical (unpaired) electrons. The molecule has 0 atom stereocenters. The van der Waals surface area contributed by atoms with E-state index in [1.807, 2.05) is 50.2 Å². The molecule has 0 saturated heterocycles. The molecule has 0 fully saturated rings. The molecule has 25 heavy (non-hydrogen) atoms. The predicted octanol–water partition coefficient (Wildman–Crippen LogP) is 5.11. The summed E-state index contributed by atoms with van der Waals surface area (Å²) < 4.78 is 0. The molecule has 2 aromatic carbocycles. The third-order valence-electron chi connectivity index (χ3n) is 3.63. The van der Waals surface area contributed by atoms with Gasteiger partial charge in [0.2, 0.25) is 5.95 Å². The molecule has 3 rings (SSSR count). The molecule has 0 aliphatic carbocycles. The summed E-state index contributed by atoms with van der Waals surface area (Å²) in [5.41, 5.74) is 3.99. The van der Waals surface area contributed by atoms with Crippen LogP contribution in [0.1, 0.15) is 16.8 Å². The molecule has 0 bridgehead atoms. The van der Waals surface area contributed by atoms with Crippen LogP contribution in [0, 0.1) is 25.2 Å². The van der Waals surface area contributed by atoms with E-state index in [9.17, 15) is 0 Å². The first kappa shape index (κ1) is 16.7. The number of rotatable bonds is 4. The molecule has 3 aromatic rings. The van der Waals surface area contributed by atoms with E-state index < -0.39 is 0 Å². The van der Waals surface area contributed by atoms with Crippen molar-refractivity contribution in [1.82, 2.24) is 9.97 Å². The van der Waals surface area contributed by atoms with Crippen LogP contribution < -0.4 is 10.6 Å². The largest absolute Gasteiger partial charge is 0.340 e. The van der Waals surface area contributed by atoms with Crippen LogP contribution in [0.15, 0.2) is 48.5 Å². The Morgan fingerprint density at radius 2 is 1.80 bits per heavy atom. The first-order valence-corrected chi connectivity index (χ1v) is 8.08. The minimum absolute atomic E-state index is 0.476. The summed E-state index contributed by atoms with van der Waals surface area (Å²) >= 11 is 6.16. The van der Waals surface area contributed by atoms with Gasteiger partial charge in [0.15, 0.2) is 0 Å². The zero-order valence-corrected chi connectivity index (χ0v) is 14.6. The van der Waals surface area contributed by atoms with Gasteiger partial charge in [-0.25, -0.2) is 4.98 Å². The highest BCUT2D eigenvalue weighted by Gasteiger charge is 2.07. The minimum atomic E-state index is 0.476. The fraction of sp³-hybridized carbons (Fsp3) is 0.105. The first-order valence-electron chi connectivity index (χ1n) is 7.70. The molecule has 0 aliphatic heterocycles. The van der Waals surface area contributed by atoms with Crippen molar-refractivity contribution in [2.45, 2.75) is 13.8 Å². The molecule has 1 aromatic heterocycles. The Morgan fingerprint density at radius 3 is 2.60 bits per heavy atom. The lowest BCUT2D eigenvalue weighted by Gasteiger charge is -2.12. The Labute approximate surface area is 151 Å². The maximum absolute atomic E-state index is 9.00. The molecule has 0 aliphatic rings. The lowest BCUT2D eigenvalue weighted by atomic mass is 10.2. The van der Waals surface area contributed by atoms with Gasteiger partial charge in [-0.2, -0.15) is 10.2 Å². The molecule has 6 heteroatoms. The number of aromatic nitrogens is 2. The van der Waals surface area contributed by atoms with Crippen molar-refractivity contribution in [3.63, 3.8) is 0 Å². The van der Waals surface area contributed by atoms with Crippen LogP contribution in [0.4, 0.5) is 23.1 Å². The number of aryl methyl sites for hydroxylation is 1. The summed E-state index contributed by atoms with van der Waals surface area (Å²) in [7, 11) is 0. The van der Waals surface area contributed by atoms with E-state index in [1.54, 1.807) is 12.1 Å². The van der Waals surface area contributed by atoms with Crippen LogP contribution in [0.5, 0.6) is 0 Å². The van der Waals surface area contributed by atoms with E-state index >= 15 is 0 Å². The number of nitriles is 1. The summed E-state index contributed by atoms with van der Waals surface area (Å²) in [6, 6.07) is 16.8. The lowest BCUT2D eigenvalue weighted by molar-refractivity contribution is 1.10. The molecule has 2 N–H and O–H groups in total. The van der Waals surface area contributed by atoms with Crippen LogP contribution in [-0.2, 0) is 0 Å². The van der Waals surface area contributed by atoms with Crippen molar-refractivity contribution < 1.29 is 0 Å². The summed E-state index contributed by atoms with van der Waals surface area (Å²) in [4.78, 5) is 8.91. The smallest absolute Gasteiger partial charge is 0.229 e. The fourth-order valence-corrected chi connectivity index (χ4v) is 2.54. The molecule has 0 spiro atoms. The second-order valence-electron chi connectivity index (χ2n) is 5.57. The van der Waals surface area contributed by atoms with Crippen molar-refractivity contribution in [2.75, 3.05) is 10.6 Å². The van der Waals surface area contributed by atoms with Gasteiger partial charge in [0.25, 0.3) is 0 Å². The number of nitrogens with zero attached hydrogens (tertiary/aromatic N) is 3. The average Bonchev–Trinajstić information content (AvgIpc) is 2.59. The Bertz CT molecular complexity index is 962. The Kier molecular flexibility index (Phi) is 4.82. The number of hydrogen-bond acceptors (Lipinski definition) is 5. The third kappa shape index (κ3) is 4.06. The van der Waals surface area contributed by atoms with E-state index in [0.717, 1.165) is 22.6 Å². The van der Waals surface area contributed by atoms with Gasteiger partial charge in [-0.1, -0.05) is 23.7 Å². The Morgan fingerprint density at radius 1 is 1.00 bits per heavy atom.